The first-order valence-electron chi connectivity index (χ1n) is 6.91. The number of aromatic nitrogens is 1. The molecular formula is C15H13BrN2O3S3. The number of carbonyl (C=O) groups is 1. The summed E-state index contributed by atoms with van der Waals surface area (Å²) in [6, 6.07) is 8.58. The average molecular weight is 445 g/mol. The van der Waals surface area contributed by atoms with E-state index >= 15 is 0 Å². The summed E-state index contributed by atoms with van der Waals surface area (Å²) in [5, 5.41) is 3.27. The highest BCUT2D eigenvalue weighted by Gasteiger charge is 2.19. The summed E-state index contributed by atoms with van der Waals surface area (Å²) in [5.74, 6) is -0.438. The number of hydrogen-bond donors (Lipinski definition) is 1. The van der Waals surface area contributed by atoms with Crippen molar-refractivity contribution in [3.8, 4) is 0 Å². The molecule has 0 spiro atoms. The van der Waals surface area contributed by atoms with Crippen LogP contribution in [0.1, 0.15) is 17.7 Å². The molecule has 0 radical (unpaired) electrons. The van der Waals surface area contributed by atoms with Gasteiger partial charge in [-0.3, -0.25) is 4.79 Å². The van der Waals surface area contributed by atoms with Crippen molar-refractivity contribution in [2.24, 2.45) is 0 Å². The number of nitrogens with one attached hydrogen (secondary N) is 1. The lowest BCUT2D eigenvalue weighted by atomic mass is 10.1. The Morgan fingerprint density at radius 1 is 1.25 bits per heavy atom. The number of nitrogens with zero attached hydrogens (tertiary/aromatic N) is 1. The van der Waals surface area contributed by atoms with Crippen LogP contribution in [-0.4, -0.2) is 25.6 Å². The van der Waals surface area contributed by atoms with Gasteiger partial charge in [-0.15, -0.1) is 11.3 Å². The normalized spacial score (nSPS) is 13.1. The van der Waals surface area contributed by atoms with E-state index in [-0.39, 0.29) is 16.7 Å². The largest absolute Gasteiger partial charge is 0.301 e. The molecule has 3 aromatic rings. The standard InChI is InChI=1S/C15H13BrN2O3S3/c1-8(11-5-6-13(16)22-11)14(19)18-15-17-10-4-3-9(24(2,20)21)7-12(10)23-15/h3-8H,1-2H3,(H,17,18,19). The summed E-state index contributed by atoms with van der Waals surface area (Å²) in [7, 11) is -3.27. The van der Waals surface area contributed by atoms with E-state index < -0.39 is 9.84 Å². The van der Waals surface area contributed by atoms with Gasteiger partial charge in [-0.2, -0.15) is 0 Å². The highest BCUT2D eigenvalue weighted by molar-refractivity contribution is 9.11. The topological polar surface area (TPSA) is 76.1 Å². The first-order valence-corrected chi connectivity index (χ1v) is 11.2. The van der Waals surface area contributed by atoms with Crippen LogP contribution < -0.4 is 5.32 Å². The summed E-state index contributed by atoms with van der Waals surface area (Å²) in [6.07, 6.45) is 1.17. The number of benzene rings is 1. The molecule has 1 N–H and O–H groups in total. The minimum atomic E-state index is -3.27. The van der Waals surface area contributed by atoms with Crippen LogP contribution >= 0.6 is 38.6 Å². The van der Waals surface area contributed by atoms with Gasteiger partial charge in [0, 0.05) is 11.1 Å². The van der Waals surface area contributed by atoms with Crippen molar-refractivity contribution in [3.63, 3.8) is 0 Å². The van der Waals surface area contributed by atoms with Gasteiger partial charge in [-0.25, -0.2) is 13.4 Å². The second-order valence-corrected chi connectivity index (χ2v) is 10.8. The number of amides is 1. The van der Waals surface area contributed by atoms with Crippen molar-refractivity contribution in [1.29, 1.82) is 0 Å². The maximum atomic E-state index is 12.4. The zero-order valence-corrected chi connectivity index (χ0v) is 16.8. The van der Waals surface area contributed by atoms with Crippen LogP contribution in [-0.2, 0) is 14.6 Å². The maximum Gasteiger partial charge on any atom is 0.234 e. The lowest BCUT2D eigenvalue weighted by Crippen LogP contribution is -2.17. The van der Waals surface area contributed by atoms with E-state index in [1.807, 2.05) is 19.1 Å². The quantitative estimate of drug-likeness (QED) is 0.651. The third-order valence-electron chi connectivity index (χ3n) is 3.43. The molecule has 1 aromatic carbocycles. The molecule has 2 aromatic heterocycles. The van der Waals surface area contributed by atoms with Crippen molar-refractivity contribution >= 4 is 69.7 Å². The lowest BCUT2D eigenvalue weighted by Gasteiger charge is -2.07. The fourth-order valence-corrected chi connectivity index (χ4v) is 5.20. The van der Waals surface area contributed by atoms with Gasteiger partial charge in [0.05, 0.1) is 24.8 Å². The molecule has 24 heavy (non-hydrogen) atoms. The Bertz CT molecular complexity index is 1020. The van der Waals surface area contributed by atoms with Gasteiger partial charge in [0.15, 0.2) is 15.0 Å². The molecule has 3 rings (SSSR count). The smallest absolute Gasteiger partial charge is 0.234 e. The molecule has 0 aliphatic heterocycles. The number of carbonyl (C=O) groups excluding carboxylic acids is 1. The van der Waals surface area contributed by atoms with E-state index in [4.69, 9.17) is 0 Å². The van der Waals surface area contributed by atoms with Crippen LogP contribution in [0.2, 0.25) is 0 Å². The molecule has 0 saturated carbocycles. The molecule has 0 saturated heterocycles. The molecule has 1 amide bonds. The van der Waals surface area contributed by atoms with Crippen LogP contribution in [0, 0.1) is 0 Å². The summed E-state index contributed by atoms with van der Waals surface area (Å²) < 4.78 is 24.9. The van der Waals surface area contributed by atoms with Gasteiger partial charge in [0.2, 0.25) is 5.91 Å². The number of thiazole rings is 1. The number of hydrogen-bond acceptors (Lipinski definition) is 6. The van der Waals surface area contributed by atoms with E-state index in [1.54, 1.807) is 12.1 Å². The Labute approximate surface area is 155 Å². The minimum absolute atomic E-state index is 0.147. The molecule has 9 heteroatoms. The molecular weight excluding hydrogens is 432 g/mol. The second kappa shape index (κ2) is 6.55. The SMILES string of the molecule is CC(C(=O)Nc1nc2ccc(S(C)(=O)=O)cc2s1)c1ccc(Br)s1. The number of halogens is 1. The third kappa shape index (κ3) is 3.69. The van der Waals surface area contributed by atoms with Gasteiger partial charge in [-0.1, -0.05) is 11.3 Å². The predicted molar refractivity (Wildman–Crippen MR) is 102 cm³/mol. The Balaban J connectivity index is 1.83. The van der Waals surface area contributed by atoms with E-state index in [9.17, 15) is 13.2 Å². The Kier molecular flexibility index (Phi) is 4.78. The van der Waals surface area contributed by atoms with Crippen molar-refractivity contribution in [3.05, 3.63) is 39.0 Å². The van der Waals surface area contributed by atoms with Crippen LogP contribution in [0.15, 0.2) is 39.0 Å². The summed E-state index contributed by atoms with van der Waals surface area (Å²) in [4.78, 5) is 17.9. The predicted octanol–water partition coefficient (Wildman–Crippen LogP) is 4.27. The Morgan fingerprint density at radius 2 is 2.00 bits per heavy atom. The van der Waals surface area contributed by atoms with Crippen LogP contribution in [0.4, 0.5) is 5.13 Å². The van der Waals surface area contributed by atoms with Crippen LogP contribution in [0.25, 0.3) is 10.2 Å². The van der Waals surface area contributed by atoms with E-state index in [1.165, 1.54) is 35.0 Å². The monoisotopic (exact) mass is 444 g/mol. The number of anilines is 1. The maximum absolute atomic E-state index is 12.4. The summed E-state index contributed by atoms with van der Waals surface area (Å²) >= 11 is 6.17. The van der Waals surface area contributed by atoms with Gasteiger partial charge >= 0.3 is 0 Å². The highest BCUT2D eigenvalue weighted by Crippen LogP contribution is 2.31. The number of thiophene rings is 1. The molecule has 5 nitrogen and oxygen atoms in total. The van der Waals surface area contributed by atoms with Gasteiger partial charge in [-0.05, 0) is 53.2 Å². The molecule has 0 bridgehead atoms. The molecule has 1 unspecified atom stereocenters. The molecule has 126 valence electrons. The second-order valence-electron chi connectivity index (χ2n) is 5.27. The first-order chi connectivity index (χ1) is 11.2. The average Bonchev–Trinajstić information content (AvgIpc) is 3.10. The Morgan fingerprint density at radius 3 is 2.62 bits per heavy atom. The summed E-state index contributed by atoms with van der Waals surface area (Å²) in [6.45, 7) is 1.84. The van der Waals surface area contributed by atoms with E-state index in [2.05, 4.69) is 26.2 Å². The molecule has 0 aliphatic rings. The van der Waals surface area contributed by atoms with Crippen molar-refractivity contribution in [1.82, 2.24) is 4.98 Å². The van der Waals surface area contributed by atoms with E-state index in [0.29, 0.717) is 10.6 Å². The van der Waals surface area contributed by atoms with Crippen molar-refractivity contribution in [2.45, 2.75) is 17.7 Å². The molecule has 2 heterocycles. The molecule has 0 aliphatic carbocycles. The third-order valence-corrected chi connectivity index (χ3v) is 7.28. The van der Waals surface area contributed by atoms with Gasteiger partial charge in [0.1, 0.15) is 0 Å². The zero-order valence-electron chi connectivity index (χ0n) is 12.7. The fourth-order valence-electron chi connectivity index (χ4n) is 2.09. The van der Waals surface area contributed by atoms with E-state index in [0.717, 1.165) is 13.4 Å². The van der Waals surface area contributed by atoms with Gasteiger partial charge in [0.25, 0.3) is 0 Å². The Hall–Kier alpha value is -1.29. The van der Waals surface area contributed by atoms with Crippen LogP contribution in [0.5, 0.6) is 0 Å². The highest BCUT2D eigenvalue weighted by atomic mass is 79.9. The first kappa shape index (κ1) is 17.5. The minimum Gasteiger partial charge on any atom is -0.301 e. The molecule has 0 fully saturated rings. The number of rotatable bonds is 4. The number of sulfone groups is 1. The molecule has 1 atom stereocenters. The summed E-state index contributed by atoms with van der Waals surface area (Å²) in [5.41, 5.74) is 0.661. The van der Waals surface area contributed by atoms with Gasteiger partial charge < -0.3 is 5.32 Å². The van der Waals surface area contributed by atoms with Crippen molar-refractivity contribution in [2.75, 3.05) is 11.6 Å². The fraction of sp³-hybridized carbons (Fsp3) is 0.200. The van der Waals surface area contributed by atoms with Crippen molar-refractivity contribution < 1.29 is 13.2 Å². The lowest BCUT2D eigenvalue weighted by molar-refractivity contribution is -0.117. The van der Waals surface area contributed by atoms with Crippen LogP contribution in [0.3, 0.4) is 0 Å². The zero-order chi connectivity index (χ0) is 17.5. The number of fused-ring (bicyclic) bond motifs is 1.